The molecule has 1 N–H and O–H groups in total. The van der Waals surface area contributed by atoms with Crippen LogP contribution in [0.1, 0.15) is 30.1 Å². The van der Waals surface area contributed by atoms with Crippen LogP contribution in [0.25, 0.3) is 0 Å². The molecule has 8 nitrogen and oxygen atoms in total. The van der Waals surface area contributed by atoms with Crippen LogP contribution in [0.15, 0.2) is 53.9 Å². The predicted octanol–water partition coefficient (Wildman–Crippen LogP) is 2.98. The highest BCUT2D eigenvalue weighted by Gasteiger charge is 2.37. The second-order valence-corrected chi connectivity index (χ2v) is 8.60. The summed E-state index contributed by atoms with van der Waals surface area (Å²) in [7, 11) is -3.79. The summed E-state index contributed by atoms with van der Waals surface area (Å²) >= 11 is 0. The third-order valence-corrected chi connectivity index (χ3v) is 6.64. The molecule has 2 aromatic heterocycles. The van der Waals surface area contributed by atoms with Gasteiger partial charge in [-0.1, -0.05) is 0 Å². The first-order valence-corrected chi connectivity index (χ1v) is 10.5. The zero-order valence-corrected chi connectivity index (χ0v) is 16.5. The minimum absolute atomic E-state index is 0.0724. The van der Waals surface area contributed by atoms with E-state index in [0.717, 1.165) is 0 Å². The Bertz CT molecular complexity index is 1130. The fraction of sp³-hybridized carbons (Fsp3) is 0.263. The van der Waals surface area contributed by atoms with E-state index in [1.165, 1.54) is 28.7 Å². The molecule has 0 saturated carbocycles. The van der Waals surface area contributed by atoms with Gasteiger partial charge in [0.25, 0.3) is 0 Å². The van der Waals surface area contributed by atoms with E-state index >= 15 is 0 Å². The van der Waals surface area contributed by atoms with Crippen LogP contribution >= 0.6 is 0 Å². The lowest BCUT2D eigenvalue weighted by atomic mass is 10.2. The fourth-order valence-electron chi connectivity index (χ4n) is 3.32. The summed E-state index contributed by atoms with van der Waals surface area (Å²) in [4.78, 5) is 16.9. The Hall–Kier alpha value is -2.98. The second-order valence-electron chi connectivity index (χ2n) is 6.71. The number of aryl methyl sites for hydroxylation is 1. The molecular weight excluding hydrogens is 395 g/mol. The maximum absolute atomic E-state index is 13.6. The number of benzene rings is 1. The molecule has 1 aliphatic heterocycles. The first-order chi connectivity index (χ1) is 13.9. The maximum Gasteiger partial charge on any atom is 0.243 e. The van der Waals surface area contributed by atoms with Gasteiger partial charge in [0.05, 0.1) is 29.0 Å². The number of hydrogen-bond acceptors (Lipinski definition) is 7. The van der Waals surface area contributed by atoms with Gasteiger partial charge in [0, 0.05) is 18.9 Å². The molecule has 0 bridgehead atoms. The van der Waals surface area contributed by atoms with Crippen molar-refractivity contribution >= 4 is 21.8 Å². The standard InChI is InChI=1S/C19H19FN6O2S/c1-13-10-14(5-6-15(13)20)29(27,28)26-9-2-4-17(26)16-11-21-12-18(24-16)25-19-22-7-3-8-23-19/h3,5-8,10-12,17H,2,4,9H2,1H3,(H,22,23,24,25)/t17-/m1/s1. The highest BCUT2D eigenvalue weighted by Crippen LogP contribution is 2.36. The molecule has 0 radical (unpaired) electrons. The summed E-state index contributed by atoms with van der Waals surface area (Å²) in [6.07, 6.45) is 7.61. The third-order valence-electron chi connectivity index (χ3n) is 4.74. The molecule has 1 fully saturated rings. The minimum Gasteiger partial charge on any atom is -0.307 e. The number of nitrogens with one attached hydrogen (secondary N) is 1. The van der Waals surface area contributed by atoms with Crippen LogP contribution in [0.5, 0.6) is 0 Å². The van der Waals surface area contributed by atoms with Crippen LogP contribution in [0, 0.1) is 12.7 Å². The van der Waals surface area contributed by atoms with Crippen molar-refractivity contribution in [1.29, 1.82) is 0 Å². The molecule has 10 heteroatoms. The molecule has 29 heavy (non-hydrogen) atoms. The van der Waals surface area contributed by atoms with E-state index in [0.29, 0.717) is 36.8 Å². The Kier molecular flexibility index (Phi) is 5.20. The number of rotatable bonds is 5. The molecule has 3 heterocycles. The van der Waals surface area contributed by atoms with E-state index in [1.807, 2.05) is 0 Å². The number of nitrogens with zero attached hydrogens (tertiary/aromatic N) is 5. The number of hydrogen-bond donors (Lipinski definition) is 1. The zero-order chi connectivity index (χ0) is 20.4. The largest absolute Gasteiger partial charge is 0.307 e. The molecule has 3 aromatic rings. The molecule has 150 valence electrons. The molecule has 0 aliphatic carbocycles. The smallest absolute Gasteiger partial charge is 0.243 e. The van der Waals surface area contributed by atoms with Gasteiger partial charge in [-0.15, -0.1) is 0 Å². The van der Waals surface area contributed by atoms with Crippen molar-refractivity contribution in [3.05, 3.63) is 66.1 Å². The summed E-state index contributed by atoms with van der Waals surface area (Å²) in [5, 5.41) is 2.96. The quantitative estimate of drug-likeness (QED) is 0.685. The minimum atomic E-state index is -3.79. The van der Waals surface area contributed by atoms with Gasteiger partial charge in [0.2, 0.25) is 16.0 Å². The van der Waals surface area contributed by atoms with E-state index in [4.69, 9.17) is 0 Å². The highest BCUT2D eigenvalue weighted by atomic mass is 32.2. The predicted molar refractivity (Wildman–Crippen MR) is 104 cm³/mol. The van der Waals surface area contributed by atoms with Crippen LogP contribution in [-0.4, -0.2) is 39.2 Å². The molecule has 0 unspecified atom stereocenters. The van der Waals surface area contributed by atoms with Crippen LogP contribution in [-0.2, 0) is 10.0 Å². The Morgan fingerprint density at radius 1 is 1.21 bits per heavy atom. The van der Waals surface area contributed by atoms with Crippen LogP contribution in [0.3, 0.4) is 0 Å². The molecule has 1 saturated heterocycles. The van der Waals surface area contributed by atoms with E-state index in [-0.39, 0.29) is 10.5 Å². The second kappa shape index (κ2) is 7.80. The average Bonchev–Trinajstić information content (AvgIpc) is 3.22. The van der Waals surface area contributed by atoms with E-state index < -0.39 is 21.9 Å². The van der Waals surface area contributed by atoms with Gasteiger partial charge in [-0.3, -0.25) is 4.98 Å². The molecule has 1 atom stereocenters. The van der Waals surface area contributed by atoms with E-state index in [9.17, 15) is 12.8 Å². The number of sulfonamides is 1. The average molecular weight is 414 g/mol. The van der Waals surface area contributed by atoms with Crippen LogP contribution < -0.4 is 5.32 Å². The molecule has 1 aromatic carbocycles. The molecule has 0 spiro atoms. The fourth-order valence-corrected chi connectivity index (χ4v) is 5.07. The van der Waals surface area contributed by atoms with Crippen LogP contribution in [0.4, 0.5) is 16.2 Å². The number of anilines is 2. The normalized spacial score (nSPS) is 17.4. The maximum atomic E-state index is 13.6. The summed E-state index contributed by atoms with van der Waals surface area (Å²) in [5.74, 6) is 0.363. The summed E-state index contributed by atoms with van der Waals surface area (Å²) in [5.41, 5.74) is 0.821. The first kappa shape index (κ1) is 19.3. The zero-order valence-electron chi connectivity index (χ0n) is 15.7. The highest BCUT2D eigenvalue weighted by molar-refractivity contribution is 7.89. The molecular formula is C19H19FN6O2S. The van der Waals surface area contributed by atoms with Gasteiger partial charge in [-0.25, -0.2) is 27.8 Å². The van der Waals surface area contributed by atoms with Crippen molar-refractivity contribution in [2.45, 2.75) is 30.7 Å². The van der Waals surface area contributed by atoms with Crippen molar-refractivity contribution in [2.75, 3.05) is 11.9 Å². The van der Waals surface area contributed by atoms with E-state index in [2.05, 4.69) is 25.3 Å². The summed E-state index contributed by atoms with van der Waals surface area (Å²) < 4.78 is 41.3. The van der Waals surface area contributed by atoms with Gasteiger partial charge in [-0.05, 0) is 49.6 Å². The lowest BCUT2D eigenvalue weighted by Gasteiger charge is -2.24. The lowest BCUT2D eigenvalue weighted by molar-refractivity contribution is 0.390. The van der Waals surface area contributed by atoms with Gasteiger partial charge >= 0.3 is 0 Å². The summed E-state index contributed by atoms with van der Waals surface area (Å²) in [6, 6.07) is 5.08. The van der Waals surface area contributed by atoms with Gasteiger partial charge in [-0.2, -0.15) is 4.31 Å². The molecule has 1 aliphatic rings. The Labute approximate surface area is 167 Å². The van der Waals surface area contributed by atoms with Crippen molar-refractivity contribution in [3.63, 3.8) is 0 Å². The van der Waals surface area contributed by atoms with Gasteiger partial charge in [0.1, 0.15) is 5.82 Å². The Morgan fingerprint density at radius 3 is 2.76 bits per heavy atom. The van der Waals surface area contributed by atoms with Crippen LogP contribution in [0.2, 0.25) is 0 Å². The lowest BCUT2D eigenvalue weighted by Crippen LogP contribution is -2.31. The Balaban J connectivity index is 1.63. The number of halogens is 1. The van der Waals surface area contributed by atoms with E-state index in [1.54, 1.807) is 31.6 Å². The SMILES string of the molecule is Cc1cc(S(=O)(=O)N2CCC[C@@H]2c2cncc(Nc3ncccn3)n2)ccc1F. The van der Waals surface area contributed by atoms with Gasteiger partial charge < -0.3 is 5.32 Å². The molecule has 0 amide bonds. The summed E-state index contributed by atoms with van der Waals surface area (Å²) in [6.45, 7) is 1.91. The van der Waals surface area contributed by atoms with Crippen molar-refractivity contribution in [1.82, 2.24) is 24.2 Å². The third kappa shape index (κ3) is 3.94. The van der Waals surface area contributed by atoms with Crippen molar-refractivity contribution < 1.29 is 12.8 Å². The molecule has 4 rings (SSSR count). The number of aromatic nitrogens is 4. The Morgan fingerprint density at radius 2 is 2.00 bits per heavy atom. The topological polar surface area (TPSA) is 101 Å². The monoisotopic (exact) mass is 414 g/mol. The van der Waals surface area contributed by atoms with Gasteiger partial charge in [0.15, 0.2) is 5.82 Å². The first-order valence-electron chi connectivity index (χ1n) is 9.09. The van der Waals surface area contributed by atoms with Crippen molar-refractivity contribution in [3.8, 4) is 0 Å². The van der Waals surface area contributed by atoms with Crippen molar-refractivity contribution in [2.24, 2.45) is 0 Å².